The number of hydrogen-bond acceptors (Lipinski definition) is 4. The summed E-state index contributed by atoms with van der Waals surface area (Å²) < 4.78 is 22.3. The molecule has 0 aliphatic heterocycles. The highest BCUT2D eigenvalue weighted by Crippen LogP contribution is 2.14. The number of nitrogens with one attached hydrogen (secondary N) is 1. The van der Waals surface area contributed by atoms with E-state index in [2.05, 4.69) is 5.43 Å². The second kappa shape index (κ2) is 4.74. The highest BCUT2D eigenvalue weighted by molar-refractivity contribution is 7.90. The summed E-state index contributed by atoms with van der Waals surface area (Å²) in [5.74, 6) is 5.34. The lowest BCUT2D eigenvalue weighted by molar-refractivity contribution is 0.564. The van der Waals surface area contributed by atoms with Gasteiger partial charge in [-0.15, -0.1) is 0 Å². The fraction of sp³-hybridized carbons (Fsp3) is 0.400. The minimum absolute atomic E-state index is 0.00651. The minimum Gasteiger partial charge on any atom is -0.271 e. The average molecular weight is 228 g/mol. The van der Waals surface area contributed by atoms with Crippen molar-refractivity contribution in [3.63, 3.8) is 0 Å². The smallest absolute Gasteiger partial charge is 0.149 e. The molecule has 0 saturated heterocycles. The maximum Gasteiger partial charge on any atom is 0.149 e. The highest BCUT2D eigenvalue weighted by Gasteiger charge is 2.15. The Kier molecular flexibility index (Phi) is 3.84. The van der Waals surface area contributed by atoms with E-state index in [0.717, 1.165) is 11.1 Å². The minimum atomic E-state index is -3.04. The van der Waals surface area contributed by atoms with E-state index in [9.17, 15) is 8.42 Å². The highest BCUT2D eigenvalue weighted by atomic mass is 32.2. The van der Waals surface area contributed by atoms with E-state index in [-0.39, 0.29) is 11.8 Å². The van der Waals surface area contributed by atoms with Gasteiger partial charge in [0.1, 0.15) is 9.84 Å². The van der Waals surface area contributed by atoms with Crippen molar-refractivity contribution < 1.29 is 8.42 Å². The number of hydrazine groups is 1. The summed E-state index contributed by atoms with van der Waals surface area (Å²) >= 11 is 0. The molecule has 1 aromatic carbocycles. The van der Waals surface area contributed by atoms with Crippen LogP contribution in [0.4, 0.5) is 0 Å². The molecule has 15 heavy (non-hydrogen) atoms. The molecular formula is C10H16N2O2S. The second-order valence-electron chi connectivity index (χ2n) is 3.72. The summed E-state index contributed by atoms with van der Waals surface area (Å²) in [6.07, 6.45) is 1.20. The predicted molar refractivity (Wildman–Crippen MR) is 61.0 cm³/mol. The van der Waals surface area contributed by atoms with Crippen LogP contribution in [0, 0.1) is 6.92 Å². The van der Waals surface area contributed by atoms with Gasteiger partial charge in [-0.2, -0.15) is 0 Å². The van der Waals surface area contributed by atoms with Crippen molar-refractivity contribution in [1.29, 1.82) is 0 Å². The summed E-state index contributed by atoms with van der Waals surface area (Å²) in [4.78, 5) is 0. The van der Waals surface area contributed by atoms with Gasteiger partial charge in [0.2, 0.25) is 0 Å². The van der Waals surface area contributed by atoms with Gasteiger partial charge in [0.05, 0.1) is 11.8 Å². The molecule has 0 aliphatic carbocycles. The normalized spacial score (nSPS) is 13.8. The topological polar surface area (TPSA) is 72.2 Å². The molecule has 0 heterocycles. The van der Waals surface area contributed by atoms with Gasteiger partial charge in [-0.1, -0.05) is 29.8 Å². The van der Waals surface area contributed by atoms with Gasteiger partial charge in [0.15, 0.2) is 0 Å². The lowest BCUT2D eigenvalue weighted by atomic mass is 10.1. The fourth-order valence-electron chi connectivity index (χ4n) is 1.34. The molecule has 0 spiro atoms. The zero-order valence-electron chi connectivity index (χ0n) is 8.90. The van der Waals surface area contributed by atoms with Gasteiger partial charge in [-0.05, 0) is 12.5 Å². The standard InChI is InChI=1S/C10H16N2O2S/c1-8-3-5-9(6-4-8)10(12-11)7-15(2,13)14/h3-6,10,12H,7,11H2,1-2H3. The first kappa shape index (κ1) is 12.2. The monoisotopic (exact) mass is 228 g/mol. The van der Waals surface area contributed by atoms with Crippen LogP contribution in [0.15, 0.2) is 24.3 Å². The number of benzene rings is 1. The third-order valence-corrected chi connectivity index (χ3v) is 3.09. The Hall–Kier alpha value is -0.910. The van der Waals surface area contributed by atoms with Crippen molar-refractivity contribution in [2.75, 3.05) is 12.0 Å². The van der Waals surface area contributed by atoms with Crippen LogP contribution >= 0.6 is 0 Å². The predicted octanol–water partition coefficient (Wildman–Crippen LogP) is 0.544. The van der Waals surface area contributed by atoms with Crippen LogP contribution in [0.1, 0.15) is 17.2 Å². The third kappa shape index (κ3) is 3.99. The van der Waals surface area contributed by atoms with E-state index in [1.54, 1.807) is 0 Å². The fourth-order valence-corrected chi connectivity index (χ4v) is 2.24. The van der Waals surface area contributed by atoms with Crippen molar-refractivity contribution in [3.05, 3.63) is 35.4 Å². The maximum atomic E-state index is 11.1. The van der Waals surface area contributed by atoms with Gasteiger partial charge in [0.25, 0.3) is 0 Å². The molecule has 4 nitrogen and oxygen atoms in total. The summed E-state index contributed by atoms with van der Waals surface area (Å²) in [5.41, 5.74) is 4.53. The molecular weight excluding hydrogens is 212 g/mol. The Morgan fingerprint density at radius 3 is 2.27 bits per heavy atom. The molecule has 84 valence electrons. The summed E-state index contributed by atoms with van der Waals surface area (Å²) in [7, 11) is -3.04. The molecule has 0 fully saturated rings. The zero-order chi connectivity index (χ0) is 11.5. The third-order valence-electron chi connectivity index (χ3n) is 2.15. The molecule has 0 aromatic heterocycles. The molecule has 1 aromatic rings. The number of aryl methyl sites for hydroxylation is 1. The Balaban J connectivity index is 2.88. The Morgan fingerprint density at radius 1 is 1.33 bits per heavy atom. The number of nitrogens with two attached hydrogens (primary N) is 1. The SMILES string of the molecule is Cc1ccc(C(CS(C)(=O)=O)NN)cc1. The maximum absolute atomic E-state index is 11.1. The summed E-state index contributed by atoms with van der Waals surface area (Å²) in [6, 6.07) is 7.28. The van der Waals surface area contributed by atoms with E-state index in [4.69, 9.17) is 5.84 Å². The van der Waals surface area contributed by atoms with Gasteiger partial charge in [-0.3, -0.25) is 11.3 Å². The van der Waals surface area contributed by atoms with Crippen molar-refractivity contribution in [2.45, 2.75) is 13.0 Å². The van der Waals surface area contributed by atoms with Crippen molar-refractivity contribution in [2.24, 2.45) is 5.84 Å². The summed E-state index contributed by atoms with van der Waals surface area (Å²) in [5, 5.41) is 0. The first-order chi connectivity index (χ1) is 6.92. The second-order valence-corrected chi connectivity index (χ2v) is 5.91. The largest absolute Gasteiger partial charge is 0.271 e. The Morgan fingerprint density at radius 2 is 1.87 bits per heavy atom. The molecule has 5 heteroatoms. The van der Waals surface area contributed by atoms with Gasteiger partial charge in [-0.25, -0.2) is 8.42 Å². The summed E-state index contributed by atoms with van der Waals surface area (Å²) in [6.45, 7) is 1.98. The molecule has 1 rings (SSSR count). The lowest BCUT2D eigenvalue weighted by Crippen LogP contribution is -2.32. The van der Waals surface area contributed by atoms with Crippen LogP contribution in [0.5, 0.6) is 0 Å². The molecule has 3 N–H and O–H groups in total. The van der Waals surface area contributed by atoms with Crippen LogP contribution in [-0.4, -0.2) is 20.4 Å². The number of hydrogen-bond donors (Lipinski definition) is 2. The van der Waals surface area contributed by atoms with Crippen LogP contribution in [0.3, 0.4) is 0 Å². The van der Waals surface area contributed by atoms with E-state index in [1.807, 2.05) is 31.2 Å². The van der Waals surface area contributed by atoms with Crippen LogP contribution in [-0.2, 0) is 9.84 Å². The number of sulfone groups is 1. The van der Waals surface area contributed by atoms with Crippen molar-refractivity contribution in [1.82, 2.24) is 5.43 Å². The molecule has 0 bridgehead atoms. The van der Waals surface area contributed by atoms with Gasteiger partial charge >= 0.3 is 0 Å². The van der Waals surface area contributed by atoms with Crippen LogP contribution in [0.2, 0.25) is 0 Å². The van der Waals surface area contributed by atoms with Crippen molar-refractivity contribution >= 4 is 9.84 Å². The van der Waals surface area contributed by atoms with E-state index < -0.39 is 9.84 Å². The first-order valence-electron chi connectivity index (χ1n) is 4.63. The molecule has 0 aliphatic rings. The van der Waals surface area contributed by atoms with Crippen molar-refractivity contribution in [3.8, 4) is 0 Å². The molecule has 0 saturated carbocycles. The van der Waals surface area contributed by atoms with E-state index >= 15 is 0 Å². The first-order valence-corrected chi connectivity index (χ1v) is 6.69. The zero-order valence-corrected chi connectivity index (χ0v) is 9.71. The lowest BCUT2D eigenvalue weighted by Gasteiger charge is -2.15. The average Bonchev–Trinajstić information content (AvgIpc) is 2.14. The van der Waals surface area contributed by atoms with E-state index in [0.29, 0.717) is 0 Å². The quantitative estimate of drug-likeness (QED) is 0.583. The van der Waals surface area contributed by atoms with E-state index in [1.165, 1.54) is 6.26 Å². The van der Waals surface area contributed by atoms with Gasteiger partial charge < -0.3 is 0 Å². The Labute approximate surface area is 90.4 Å². The molecule has 0 amide bonds. The molecule has 0 radical (unpaired) electrons. The number of rotatable bonds is 4. The molecule has 1 unspecified atom stereocenters. The van der Waals surface area contributed by atoms with Crippen LogP contribution < -0.4 is 11.3 Å². The van der Waals surface area contributed by atoms with Gasteiger partial charge in [0, 0.05) is 6.26 Å². The van der Waals surface area contributed by atoms with Crippen LogP contribution in [0.25, 0.3) is 0 Å². The Bertz CT molecular complexity index is 412. The molecule has 1 atom stereocenters.